The Hall–Kier alpha value is -3.73. The van der Waals surface area contributed by atoms with Crippen molar-refractivity contribution in [2.24, 2.45) is 0 Å². The molecule has 1 heterocycles. The summed E-state index contributed by atoms with van der Waals surface area (Å²) in [6, 6.07) is 22.9. The van der Waals surface area contributed by atoms with E-state index in [2.05, 4.69) is 38.1 Å². The minimum Gasteiger partial charge on any atom is -0.503 e. The van der Waals surface area contributed by atoms with Crippen LogP contribution in [0, 0.1) is 0 Å². The van der Waals surface area contributed by atoms with Gasteiger partial charge >= 0.3 is 0 Å². The van der Waals surface area contributed by atoms with Crippen molar-refractivity contribution in [1.29, 1.82) is 0 Å². The Kier molecular flexibility index (Phi) is 6.40. The molecular formula is C28H29NO4. The number of carbonyl (C=O) groups excluding carboxylic acids is 1. The minimum atomic E-state index is -0.408. The van der Waals surface area contributed by atoms with Crippen LogP contribution >= 0.6 is 0 Å². The first kappa shape index (κ1) is 22.5. The maximum absolute atomic E-state index is 13.3. The molecule has 1 aliphatic rings. The van der Waals surface area contributed by atoms with Crippen LogP contribution in [0.15, 0.2) is 78.6 Å². The molecule has 1 amide bonds. The number of aliphatic hydroxyl groups excluding tert-OH is 1. The molecule has 0 aromatic heterocycles. The summed E-state index contributed by atoms with van der Waals surface area (Å²) in [5.74, 6) is 1.29. The highest BCUT2D eigenvalue weighted by Crippen LogP contribution is 2.44. The number of benzene rings is 3. The molecule has 0 unspecified atom stereocenters. The Bertz CT molecular complexity index is 1150. The topological polar surface area (TPSA) is 59.0 Å². The molecule has 0 radical (unpaired) electrons. The van der Waals surface area contributed by atoms with E-state index < -0.39 is 6.04 Å². The smallest absolute Gasteiger partial charge is 0.290 e. The normalized spacial score (nSPS) is 16.0. The molecule has 4 rings (SSSR count). The second kappa shape index (κ2) is 9.41. The average Bonchev–Trinajstić information content (AvgIpc) is 3.09. The van der Waals surface area contributed by atoms with Crippen LogP contribution in [0.25, 0.3) is 5.57 Å². The van der Waals surface area contributed by atoms with Gasteiger partial charge in [-0.15, -0.1) is 0 Å². The number of ether oxygens (including phenoxy) is 2. The Morgan fingerprint density at radius 2 is 1.39 bits per heavy atom. The van der Waals surface area contributed by atoms with Crippen molar-refractivity contribution in [2.75, 3.05) is 14.2 Å². The summed E-state index contributed by atoms with van der Waals surface area (Å²) in [5, 5.41) is 11.0. The molecule has 5 nitrogen and oxygen atoms in total. The van der Waals surface area contributed by atoms with Crippen molar-refractivity contribution in [3.8, 4) is 11.5 Å². The molecule has 5 heteroatoms. The van der Waals surface area contributed by atoms with Gasteiger partial charge in [0.15, 0.2) is 5.76 Å². The summed E-state index contributed by atoms with van der Waals surface area (Å²) < 4.78 is 10.5. The summed E-state index contributed by atoms with van der Waals surface area (Å²) in [5.41, 5.74) is 4.53. The van der Waals surface area contributed by atoms with Crippen molar-refractivity contribution in [3.05, 3.63) is 101 Å². The van der Waals surface area contributed by atoms with Gasteiger partial charge in [-0.3, -0.25) is 4.79 Å². The minimum absolute atomic E-state index is 0.216. The van der Waals surface area contributed by atoms with Gasteiger partial charge in [0, 0.05) is 12.1 Å². The van der Waals surface area contributed by atoms with Gasteiger partial charge in [-0.2, -0.15) is 0 Å². The fourth-order valence-corrected chi connectivity index (χ4v) is 4.22. The van der Waals surface area contributed by atoms with Gasteiger partial charge in [-0.1, -0.05) is 62.4 Å². The van der Waals surface area contributed by atoms with Gasteiger partial charge in [0.25, 0.3) is 5.91 Å². The third-order valence-electron chi connectivity index (χ3n) is 6.14. The standard InChI is InChI=1S/C28H29NO4/c1-18(2)20-7-9-22(10-8-20)26-25(21-11-15-24(33-4)16-12-21)27(30)28(31)29(26)17-19-5-13-23(32-3)14-6-19/h5-16,18,26,30H,17H2,1-4H3/t26-/m0/s1. The maximum Gasteiger partial charge on any atom is 0.290 e. The molecule has 33 heavy (non-hydrogen) atoms. The van der Waals surface area contributed by atoms with E-state index in [0.717, 1.165) is 28.2 Å². The van der Waals surface area contributed by atoms with Gasteiger partial charge < -0.3 is 19.5 Å². The number of methoxy groups -OCH3 is 2. The number of amides is 1. The van der Waals surface area contributed by atoms with Crippen LogP contribution in [0.5, 0.6) is 11.5 Å². The lowest BCUT2D eigenvalue weighted by Gasteiger charge is -2.28. The Morgan fingerprint density at radius 3 is 1.91 bits per heavy atom. The average molecular weight is 444 g/mol. The quantitative estimate of drug-likeness (QED) is 0.495. The summed E-state index contributed by atoms with van der Waals surface area (Å²) in [6.07, 6.45) is 0. The molecular weight excluding hydrogens is 414 g/mol. The maximum atomic E-state index is 13.3. The first-order valence-electron chi connectivity index (χ1n) is 11.0. The molecule has 3 aromatic carbocycles. The van der Waals surface area contributed by atoms with Crippen molar-refractivity contribution in [3.63, 3.8) is 0 Å². The zero-order chi connectivity index (χ0) is 23.5. The number of hydrogen-bond acceptors (Lipinski definition) is 4. The summed E-state index contributed by atoms with van der Waals surface area (Å²) in [7, 11) is 3.24. The van der Waals surface area contributed by atoms with Crippen molar-refractivity contribution in [1.82, 2.24) is 4.90 Å². The SMILES string of the molecule is COc1ccc(CN2C(=O)C(O)=C(c3ccc(OC)cc3)[C@@H]2c2ccc(C(C)C)cc2)cc1. The van der Waals surface area contributed by atoms with Crippen LogP contribution < -0.4 is 9.47 Å². The van der Waals surface area contributed by atoms with E-state index in [0.29, 0.717) is 18.0 Å². The van der Waals surface area contributed by atoms with Gasteiger partial charge in [0.1, 0.15) is 11.5 Å². The van der Waals surface area contributed by atoms with Crippen LogP contribution in [0.3, 0.4) is 0 Å². The van der Waals surface area contributed by atoms with Crippen LogP contribution in [-0.2, 0) is 11.3 Å². The second-order valence-electron chi connectivity index (χ2n) is 8.50. The number of carbonyl (C=O) groups is 1. The second-order valence-corrected chi connectivity index (χ2v) is 8.50. The summed E-state index contributed by atoms with van der Waals surface area (Å²) >= 11 is 0. The zero-order valence-corrected chi connectivity index (χ0v) is 19.4. The lowest BCUT2D eigenvalue weighted by molar-refractivity contribution is -0.130. The van der Waals surface area contributed by atoms with E-state index in [1.54, 1.807) is 19.1 Å². The third-order valence-corrected chi connectivity index (χ3v) is 6.14. The number of nitrogens with zero attached hydrogens (tertiary/aromatic N) is 1. The van der Waals surface area contributed by atoms with Crippen LogP contribution in [0.1, 0.15) is 48.1 Å². The highest BCUT2D eigenvalue weighted by atomic mass is 16.5. The van der Waals surface area contributed by atoms with E-state index in [1.807, 2.05) is 48.5 Å². The van der Waals surface area contributed by atoms with Crippen LogP contribution in [0.4, 0.5) is 0 Å². The number of aliphatic hydroxyl groups is 1. The van der Waals surface area contributed by atoms with Gasteiger partial charge in [-0.25, -0.2) is 0 Å². The van der Waals surface area contributed by atoms with Crippen LogP contribution in [0.2, 0.25) is 0 Å². The largest absolute Gasteiger partial charge is 0.503 e. The monoisotopic (exact) mass is 443 g/mol. The number of rotatable bonds is 7. The zero-order valence-electron chi connectivity index (χ0n) is 19.4. The molecule has 0 saturated heterocycles. The van der Waals surface area contributed by atoms with Gasteiger partial charge in [-0.05, 0) is 52.4 Å². The summed E-state index contributed by atoms with van der Waals surface area (Å²) in [6.45, 7) is 4.67. The number of hydrogen-bond donors (Lipinski definition) is 1. The molecule has 0 saturated carbocycles. The molecule has 0 aliphatic carbocycles. The van der Waals surface area contributed by atoms with Crippen LogP contribution in [-0.4, -0.2) is 30.1 Å². The predicted molar refractivity (Wildman–Crippen MR) is 129 cm³/mol. The summed E-state index contributed by atoms with van der Waals surface area (Å²) in [4.78, 5) is 15.0. The van der Waals surface area contributed by atoms with E-state index in [4.69, 9.17) is 9.47 Å². The molecule has 0 spiro atoms. The van der Waals surface area contributed by atoms with Crippen molar-refractivity contribution in [2.45, 2.75) is 32.4 Å². The van der Waals surface area contributed by atoms with E-state index in [-0.39, 0.29) is 11.7 Å². The van der Waals surface area contributed by atoms with E-state index in [1.165, 1.54) is 5.56 Å². The molecule has 1 N–H and O–H groups in total. The third kappa shape index (κ3) is 4.44. The predicted octanol–water partition coefficient (Wildman–Crippen LogP) is 5.88. The highest BCUT2D eigenvalue weighted by Gasteiger charge is 2.41. The Labute approximate surface area is 194 Å². The fraction of sp³-hybridized carbons (Fsp3) is 0.250. The molecule has 170 valence electrons. The van der Waals surface area contributed by atoms with Crippen molar-refractivity contribution < 1.29 is 19.4 Å². The Balaban J connectivity index is 1.76. The van der Waals surface area contributed by atoms with E-state index in [9.17, 15) is 9.90 Å². The first-order chi connectivity index (χ1) is 15.9. The van der Waals surface area contributed by atoms with Gasteiger partial charge in [0.05, 0.1) is 20.3 Å². The molecule has 1 atom stereocenters. The molecule has 3 aromatic rings. The molecule has 0 fully saturated rings. The molecule has 1 aliphatic heterocycles. The Morgan fingerprint density at radius 1 is 0.848 bits per heavy atom. The van der Waals surface area contributed by atoms with Gasteiger partial charge in [0.2, 0.25) is 0 Å². The van der Waals surface area contributed by atoms with E-state index >= 15 is 0 Å². The first-order valence-corrected chi connectivity index (χ1v) is 11.0. The highest BCUT2D eigenvalue weighted by molar-refractivity contribution is 6.05. The lowest BCUT2D eigenvalue weighted by Crippen LogP contribution is -2.29. The fourth-order valence-electron chi connectivity index (χ4n) is 4.22. The lowest BCUT2D eigenvalue weighted by atomic mass is 9.91. The molecule has 0 bridgehead atoms. The van der Waals surface area contributed by atoms with Crippen molar-refractivity contribution >= 4 is 11.5 Å².